The second-order valence-electron chi connectivity index (χ2n) is 5.24. The number of likely N-dealkylation sites (tertiary alicyclic amines) is 1. The molecule has 116 valence electrons. The molecular weight excluding hydrogens is 290 g/mol. The number of hydrogen-bond donors (Lipinski definition) is 2. The van der Waals surface area contributed by atoms with Gasteiger partial charge in [0.25, 0.3) is 0 Å². The smallest absolute Gasteiger partial charge is 0.238 e. The number of ether oxygens (including phenoxy) is 1. The van der Waals surface area contributed by atoms with E-state index in [1.54, 1.807) is 18.2 Å². The van der Waals surface area contributed by atoms with Crippen molar-refractivity contribution in [3.8, 4) is 0 Å². The summed E-state index contributed by atoms with van der Waals surface area (Å²) in [7, 11) is 0. The summed E-state index contributed by atoms with van der Waals surface area (Å²) in [5.74, 6) is -0.0473. The second kappa shape index (κ2) is 7.64. The van der Waals surface area contributed by atoms with Crippen LogP contribution >= 0.6 is 11.6 Å². The van der Waals surface area contributed by atoms with Crippen LogP contribution in [0.3, 0.4) is 0 Å². The molecule has 0 bridgehead atoms. The Morgan fingerprint density at radius 1 is 1.57 bits per heavy atom. The van der Waals surface area contributed by atoms with Gasteiger partial charge in [-0.3, -0.25) is 9.69 Å². The number of nitrogens with zero attached hydrogens (tertiary/aromatic N) is 1. The molecule has 1 heterocycles. The molecule has 0 spiro atoms. The summed E-state index contributed by atoms with van der Waals surface area (Å²) in [4.78, 5) is 14.2. The van der Waals surface area contributed by atoms with Crippen LogP contribution in [0.5, 0.6) is 0 Å². The van der Waals surface area contributed by atoms with Gasteiger partial charge in [0.05, 0.1) is 23.4 Å². The highest BCUT2D eigenvalue weighted by Crippen LogP contribution is 2.22. The molecular formula is C15H22ClN3O2. The second-order valence-corrected chi connectivity index (χ2v) is 5.65. The quantitative estimate of drug-likeness (QED) is 0.819. The minimum absolute atomic E-state index is 0.0473. The Kier molecular flexibility index (Phi) is 5.85. The molecule has 1 unspecified atom stereocenters. The molecule has 0 aliphatic carbocycles. The van der Waals surface area contributed by atoms with Crippen LogP contribution in [0.2, 0.25) is 5.02 Å². The van der Waals surface area contributed by atoms with Crippen LogP contribution < -0.4 is 11.1 Å². The van der Waals surface area contributed by atoms with Crippen molar-refractivity contribution in [2.75, 3.05) is 37.3 Å². The van der Waals surface area contributed by atoms with Crippen molar-refractivity contribution in [2.24, 2.45) is 0 Å². The third-order valence-corrected chi connectivity index (χ3v) is 3.86. The van der Waals surface area contributed by atoms with Crippen molar-refractivity contribution < 1.29 is 9.53 Å². The number of amides is 1. The summed E-state index contributed by atoms with van der Waals surface area (Å²) >= 11 is 5.86. The summed E-state index contributed by atoms with van der Waals surface area (Å²) in [5, 5.41) is 3.33. The fraction of sp³-hybridized carbons (Fsp3) is 0.533. The normalized spacial score (nSPS) is 19.4. The maximum Gasteiger partial charge on any atom is 0.238 e. The van der Waals surface area contributed by atoms with Crippen LogP contribution in [0.25, 0.3) is 0 Å². The Balaban J connectivity index is 1.84. The van der Waals surface area contributed by atoms with Gasteiger partial charge in [0.1, 0.15) is 0 Å². The largest absolute Gasteiger partial charge is 0.397 e. The molecule has 1 aliphatic rings. The third-order valence-electron chi connectivity index (χ3n) is 3.51. The predicted molar refractivity (Wildman–Crippen MR) is 85.6 cm³/mol. The molecule has 1 saturated heterocycles. The monoisotopic (exact) mass is 311 g/mol. The van der Waals surface area contributed by atoms with Gasteiger partial charge in [-0.2, -0.15) is 0 Å². The zero-order chi connectivity index (χ0) is 15.2. The zero-order valence-corrected chi connectivity index (χ0v) is 13.0. The molecule has 1 atom stereocenters. The SMILES string of the molecule is CCOC1CCCN(CC(=O)Nc2ccc(Cl)c(N)c2)C1. The van der Waals surface area contributed by atoms with Crippen LogP contribution in [0.4, 0.5) is 11.4 Å². The molecule has 2 rings (SSSR count). The van der Waals surface area contributed by atoms with E-state index in [-0.39, 0.29) is 12.0 Å². The number of nitrogens with one attached hydrogen (secondary N) is 1. The van der Waals surface area contributed by atoms with Gasteiger partial charge in [0.2, 0.25) is 5.91 Å². The number of benzene rings is 1. The van der Waals surface area contributed by atoms with Crippen LogP contribution in [-0.4, -0.2) is 43.2 Å². The molecule has 21 heavy (non-hydrogen) atoms. The predicted octanol–water partition coefficient (Wildman–Crippen LogP) is 2.36. The van der Waals surface area contributed by atoms with Crippen LogP contribution in [-0.2, 0) is 9.53 Å². The summed E-state index contributed by atoms with van der Waals surface area (Å²) in [6.45, 7) is 4.82. The van der Waals surface area contributed by atoms with Crippen molar-refractivity contribution in [3.63, 3.8) is 0 Å². The first-order valence-corrected chi connectivity index (χ1v) is 7.65. The Bertz CT molecular complexity index is 494. The molecule has 0 saturated carbocycles. The number of halogens is 1. The van der Waals surface area contributed by atoms with Crippen molar-refractivity contribution >= 4 is 28.9 Å². The van der Waals surface area contributed by atoms with Crippen LogP contribution in [0, 0.1) is 0 Å². The van der Waals surface area contributed by atoms with Crippen molar-refractivity contribution in [2.45, 2.75) is 25.9 Å². The average Bonchev–Trinajstić information content (AvgIpc) is 2.43. The molecule has 1 aromatic carbocycles. The van der Waals surface area contributed by atoms with E-state index in [0.29, 0.717) is 22.9 Å². The Labute approximate surface area is 130 Å². The first kappa shape index (κ1) is 16.1. The topological polar surface area (TPSA) is 67.6 Å². The van der Waals surface area contributed by atoms with Gasteiger partial charge < -0.3 is 15.8 Å². The van der Waals surface area contributed by atoms with E-state index in [9.17, 15) is 4.79 Å². The lowest BCUT2D eigenvalue weighted by molar-refractivity contribution is -0.118. The standard InChI is InChI=1S/C15H22ClN3O2/c1-2-21-12-4-3-7-19(9-12)10-15(20)18-11-5-6-13(16)14(17)8-11/h5-6,8,12H,2-4,7,9-10,17H2,1H3,(H,18,20). The van der Waals surface area contributed by atoms with Gasteiger partial charge in [-0.05, 0) is 44.5 Å². The first-order valence-electron chi connectivity index (χ1n) is 7.27. The number of hydrogen-bond acceptors (Lipinski definition) is 4. The molecule has 6 heteroatoms. The highest BCUT2D eigenvalue weighted by atomic mass is 35.5. The Morgan fingerprint density at radius 3 is 3.10 bits per heavy atom. The Morgan fingerprint density at radius 2 is 2.38 bits per heavy atom. The molecule has 0 aromatic heterocycles. The van der Waals surface area contributed by atoms with Crippen LogP contribution in [0.1, 0.15) is 19.8 Å². The fourth-order valence-corrected chi connectivity index (χ4v) is 2.67. The highest BCUT2D eigenvalue weighted by Gasteiger charge is 2.21. The van der Waals surface area contributed by atoms with E-state index in [2.05, 4.69) is 10.2 Å². The molecule has 1 aromatic rings. The summed E-state index contributed by atoms with van der Waals surface area (Å²) in [5.41, 5.74) is 6.85. The number of nitrogen functional groups attached to an aromatic ring is 1. The number of rotatable bonds is 5. The number of carbonyl (C=O) groups is 1. The maximum atomic E-state index is 12.1. The highest BCUT2D eigenvalue weighted by molar-refractivity contribution is 6.33. The third kappa shape index (κ3) is 4.88. The summed E-state index contributed by atoms with van der Waals surface area (Å²) < 4.78 is 5.64. The number of anilines is 2. The minimum Gasteiger partial charge on any atom is -0.397 e. The van der Waals surface area contributed by atoms with Gasteiger partial charge in [-0.1, -0.05) is 11.6 Å². The van der Waals surface area contributed by atoms with Gasteiger partial charge in [-0.15, -0.1) is 0 Å². The Hall–Kier alpha value is -1.30. The summed E-state index contributed by atoms with van der Waals surface area (Å²) in [6.07, 6.45) is 2.37. The lowest BCUT2D eigenvalue weighted by Gasteiger charge is -2.31. The number of piperidine rings is 1. The van der Waals surface area contributed by atoms with Crippen LogP contribution in [0.15, 0.2) is 18.2 Å². The molecule has 1 amide bonds. The number of carbonyl (C=O) groups excluding carboxylic acids is 1. The van der Waals surface area contributed by atoms with Gasteiger partial charge in [0.15, 0.2) is 0 Å². The van der Waals surface area contributed by atoms with Gasteiger partial charge in [0, 0.05) is 18.8 Å². The van der Waals surface area contributed by atoms with Gasteiger partial charge >= 0.3 is 0 Å². The van der Waals surface area contributed by atoms with Crippen molar-refractivity contribution in [1.29, 1.82) is 0 Å². The van der Waals surface area contributed by atoms with E-state index in [1.807, 2.05) is 6.92 Å². The van der Waals surface area contributed by atoms with Crippen molar-refractivity contribution in [3.05, 3.63) is 23.2 Å². The average molecular weight is 312 g/mol. The molecule has 0 radical (unpaired) electrons. The lowest BCUT2D eigenvalue weighted by Crippen LogP contribution is -2.43. The molecule has 1 fully saturated rings. The van der Waals surface area contributed by atoms with E-state index in [4.69, 9.17) is 22.1 Å². The molecule has 5 nitrogen and oxygen atoms in total. The van der Waals surface area contributed by atoms with Gasteiger partial charge in [-0.25, -0.2) is 0 Å². The molecule has 1 aliphatic heterocycles. The zero-order valence-electron chi connectivity index (χ0n) is 12.3. The first-order chi connectivity index (χ1) is 10.1. The lowest BCUT2D eigenvalue weighted by atomic mass is 10.1. The van der Waals surface area contributed by atoms with E-state index in [1.165, 1.54) is 0 Å². The van der Waals surface area contributed by atoms with E-state index >= 15 is 0 Å². The maximum absolute atomic E-state index is 12.1. The summed E-state index contributed by atoms with van der Waals surface area (Å²) in [6, 6.07) is 5.09. The van der Waals surface area contributed by atoms with E-state index < -0.39 is 0 Å². The van der Waals surface area contributed by atoms with E-state index in [0.717, 1.165) is 32.5 Å². The molecule has 3 N–H and O–H groups in total. The fourth-order valence-electron chi connectivity index (χ4n) is 2.55. The van der Waals surface area contributed by atoms with Crippen molar-refractivity contribution in [1.82, 2.24) is 4.90 Å². The minimum atomic E-state index is -0.0473. The number of nitrogens with two attached hydrogens (primary N) is 1.